The van der Waals surface area contributed by atoms with E-state index in [-0.39, 0.29) is 19.7 Å². The number of aliphatic hydroxyl groups is 1. The maximum absolute atomic E-state index is 12.2. The molecule has 1 aromatic rings. The zero-order valence-corrected chi connectivity index (χ0v) is 8.92. The molecule has 0 unspecified atom stereocenters. The summed E-state index contributed by atoms with van der Waals surface area (Å²) < 4.78 is 41.7. The summed E-state index contributed by atoms with van der Waals surface area (Å²) >= 11 is 0. The molecule has 16 heavy (non-hydrogen) atoms. The van der Waals surface area contributed by atoms with E-state index in [1.807, 2.05) is 0 Å². The van der Waals surface area contributed by atoms with Crippen molar-refractivity contribution in [2.45, 2.75) is 19.6 Å². The van der Waals surface area contributed by atoms with Gasteiger partial charge in [0.15, 0.2) is 0 Å². The molecule has 0 aliphatic carbocycles. The number of aliphatic hydroxyl groups excluding tert-OH is 1. The summed E-state index contributed by atoms with van der Waals surface area (Å²) in [6.45, 7) is 0.389. The van der Waals surface area contributed by atoms with Crippen LogP contribution in [0.1, 0.15) is 11.5 Å². The van der Waals surface area contributed by atoms with Gasteiger partial charge in [0.05, 0.1) is 19.7 Å². The molecule has 92 valence electrons. The average Bonchev–Trinajstić information content (AvgIpc) is 2.48. The van der Waals surface area contributed by atoms with Crippen LogP contribution in [0.4, 0.5) is 13.2 Å². The van der Waals surface area contributed by atoms with Crippen LogP contribution in [0.5, 0.6) is 0 Å². The molecule has 1 N–H and O–H groups in total. The fourth-order valence-electron chi connectivity index (χ4n) is 1.40. The van der Waals surface area contributed by atoms with E-state index >= 15 is 0 Å². The Morgan fingerprint density at radius 1 is 1.38 bits per heavy atom. The van der Waals surface area contributed by atoms with Gasteiger partial charge in [-0.2, -0.15) is 13.2 Å². The van der Waals surface area contributed by atoms with Crippen LogP contribution in [0.3, 0.4) is 0 Å². The molecule has 0 aliphatic rings. The first kappa shape index (κ1) is 13.1. The van der Waals surface area contributed by atoms with Crippen LogP contribution in [0.25, 0.3) is 0 Å². The second-order valence-corrected chi connectivity index (χ2v) is 3.56. The summed E-state index contributed by atoms with van der Waals surface area (Å²) in [5.74, 6) is 1.13. The minimum atomic E-state index is -4.27. The summed E-state index contributed by atoms with van der Waals surface area (Å²) in [6.07, 6.45) is -4.27. The molecule has 6 heteroatoms. The van der Waals surface area contributed by atoms with E-state index in [1.165, 1.54) is 0 Å². The molecule has 0 spiro atoms. The van der Waals surface area contributed by atoms with E-state index < -0.39 is 12.7 Å². The number of rotatable bonds is 5. The predicted molar refractivity (Wildman–Crippen MR) is 51.9 cm³/mol. The van der Waals surface area contributed by atoms with Crippen molar-refractivity contribution in [2.24, 2.45) is 0 Å². The Labute approximate surface area is 91.5 Å². The van der Waals surface area contributed by atoms with Crippen LogP contribution in [-0.4, -0.2) is 35.9 Å². The first-order valence-electron chi connectivity index (χ1n) is 4.86. The average molecular weight is 237 g/mol. The molecule has 0 atom stereocenters. The van der Waals surface area contributed by atoms with Crippen molar-refractivity contribution in [3.05, 3.63) is 23.7 Å². The Kier molecular flexibility index (Phi) is 4.37. The van der Waals surface area contributed by atoms with E-state index in [0.29, 0.717) is 11.5 Å². The topological polar surface area (TPSA) is 36.6 Å². The van der Waals surface area contributed by atoms with Gasteiger partial charge in [-0.15, -0.1) is 0 Å². The highest BCUT2D eigenvalue weighted by Gasteiger charge is 2.30. The van der Waals surface area contributed by atoms with Gasteiger partial charge in [0, 0.05) is 6.54 Å². The van der Waals surface area contributed by atoms with Crippen molar-refractivity contribution in [2.75, 3.05) is 19.7 Å². The number of hydrogen-bond donors (Lipinski definition) is 1. The lowest BCUT2D eigenvalue weighted by Gasteiger charge is -2.21. The fraction of sp³-hybridized carbons (Fsp3) is 0.600. The third kappa shape index (κ3) is 4.67. The molecule has 0 aromatic carbocycles. The van der Waals surface area contributed by atoms with Crippen molar-refractivity contribution in [1.29, 1.82) is 0 Å². The molecule has 0 fully saturated rings. The van der Waals surface area contributed by atoms with Gasteiger partial charge in [-0.05, 0) is 19.1 Å². The number of furan rings is 1. The van der Waals surface area contributed by atoms with Gasteiger partial charge in [-0.25, -0.2) is 0 Å². The lowest BCUT2D eigenvalue weighted by Crippen LogP contribution is -2.35. The molecule has 1 heterocycles. The SMILES string of the molecule is Cc1ccc(CN(CCO)CC(F)(F)F)o1. The summed E-state index contributed by atoms with van der Waals surface area (Å²) in [5, 5.41) is 8.68. The molecule has 0 saturated carbocycles. The largest absolute Gasteiger partial charge is 0.465 e. The van der Waals surface area contributed by atoms with Crippen molar-refractivity contribution >= 4 is 0 Å². The van der Waals surface area contributed by atoms with Crippen LogP contribution in [0, 0.1) is 6.92 Å². The zero-order chi connectivity index (χ0) is 12.2. The zero-order valence-electron chi connectivity index (χ0n) is 8.92. The summed E-state index contributed by atoms with van der Waals surface area (Å²) in [5.41, 5.74) is 0. The highest BCUT2D eigenvalue weighted by atomic mass is 19.4. The molecule has 1 rings (SSSR count). The summed E-state index contributed by atoms with van der Waals surface area (Å²) in [7, 11) is 0. The predicted octanol–water partition coefficient (Wildman–Crippen LogP) is 1.94. The lowest BCUT2D eigenvalue weighted by molar-refractivity contribution is -0.148. The van der Waals surface area contributed by atoms with Gasteiger partial charge in [0.25, 0.3) is 0 Å². The Morgan fingerprint density at radius 2 is 2.06 bits per heavy atom. The van der Waals surface area contributed by atoms with Gasteiger partial charge in [0.1, 0.15) is 11.5 Å². The van der Waals surface area contributed by atoms with Crippen molar-refractivity contribution < 1.29 is 22.7 Å². The minimum absolute atomic E-state index is 0.0285. The number of aryl methyl sites for hydroxylation is 1. The van der Waals surface area contributed by atoms with Crippen molar-refractivity contribution in [3.8, 4) is 0 Å². The van der Waals surface area contributed by atoms with Crippen LogP contribution in [-0.2, 0) is 6.54 Å². The number of nitrogens with zero attached hydrogens (tertiary/aromatic N) is 1. The van der Waals surface area contributed by atoms with E-state index in [1.54, 1.807) is 19.1 Å². The Morgan fingerprint density at radius 3 is 2.50 bits per heavy atom. The molecule has 3 nitrogen and oxygen atoms in total. The first-order valence-corrected chi connectivity index (χ1v) is 4.86. The summed E-state index contributed by atoms with van der Waals surface area (Å²) in [6, 6.07) is 3.33. The van der Waals surface area contributed by atoms with Gasteiger partial charge in [-0.3, -0.25) is 4.90 Å². The van der Waals surface area contributed by atoms with Gasteiger partial charge < -0.3 is 9.52 Å². The normalized spacial score (nSPS) is 12.4. The van der Waals surface area contributed by atoms with E-state index in [0.717, 1.165) is 4.90 Å². The second kappa shape index (κ2) is 5.36. The third-order valence-electron chi connectivity index (χ3n) is 1.99. The van der Waals surface area contributed by atoms with Crippen LogP contribution < -0.4 is 0 Å². The molecule has 0 bridgehead atoms. The Bertz CT molecular complexity index is 322. The highest BCUT2D eigenvalue weighted by Crippen LogP contribution is 2.18. The van der Waals surface area contributed by atoms with Gasteiger partial charge in [-0.1, -0.05) is 0 Å². The minimum Gasteiger partial charge on any atom is -0.465 e. The Balaban J connectivity index is 2.57. The highest BCUT2D eigenvalue weighted by molar-refractivity contribution is 5.05. The van der Waals surface area contributed by atoms with Crippen LogP contribution >= 0.6 is 0 Å². The van der Waals surface area contributed by atoms with E-state index in [9.17, 15) is 13.2 Å². The number of hydrogen-bond acceptors (Lipinski definition) is 3. The standard InChI is InChI=1S/C10H14F3NO2/c1-8-2-3-9(16-8)6-14(4-5-15)7-10(11,12)13/h2-3,15H,4-7H2,1H3. The van der Waals surface area contributed by atoms with Crippen LogP contribution in [0.2, 0.25) is 0 Å². The smallest absolute Gasteiger partial charge is 0.401 e. The maximum atomic E-state index is 12.2. The quantitative estimate of drug-likeness (QED) is 0.850. The van der Waals surface area contributed by atoms with E-state index in [4.69, 9.17) is 9.52 Å². The number of halogens is 3. The molecule has 0 amide bonds. The monoisotopic (exact) mass is 237 g/mol. The van der Waals surface area contributed by atoms with Crippen molar-refractivity contribution in [3.63, 3.8) is 0 Å². The van der Waals surface area contributed by atoms with Crippen LogP contribution in [0.15, 0.2) is 16.5 Å². The molecule has 0 saturated heterocycles. The molecule has 1 aromatic heterocycles. The molecular weight excluding hydrogens is 223 g/mol. The number of alkyl halides is 3. The van der Waals surface area contributed by atoms with E-state index in [2.05, 4.69) is 0 Å². The molecule has 0 aliphatic heterocycles. The molecule has 0 radical (unpaired) electrons. The van der Waals surface area contributed by atoms with Gasteiger partial charge >= 0.3 is 6.18 Å². The molecular formula is C10H14F3NO2. The third-order valence-corrected chi connectivity index (χ3v) is 1.99. The first-order chi connectivity index (χ1) is 7.40. The Hall–Kier alpha value is -1.01. The van der Waals surface area contributed by atoms with Gasteiger partial charge in [0.2, 0.25) is 0 Å². The second-order valence-electron chi connectivity index (χ2n) is 3.56. The van der Waals surface area contributed by atoms with Crippen molar-refractivity contribution in [1.82, 2.24) is 4.90 Å². The lowest BCUT2D eigenvalue weighted by atomic mass is 10.3. The fourth-order valence-corrected chi connectivity index (χ4v) is 1.40. The summed E-state index contributed by atoms with van der Waals surface area (Å²) in [4.78, 5) is 1.10. The maximum Gasteiger partial charge on any atom is 0.401 e.